The van der Waals surface area contributed by atoms with Crippen molar-refractivity contribution in [1.82, 2.24) is 10.6 Å². The minimum atomic E-state index is -0.0712. The van der Waals surface area contributed by atoms with Crippen molar-refractivity contribution in [3.8, 4) is 0 Å². The Kier molecular flexibility index (Phi) is 3.49. The summed E-state index contributed by atoms with van der Waals surface area (Å²) in [5.74, 6) is 0.181. The van der Waals surface area contributed by atoms with E-state index in [9.17, 15) is 4.79 Å². The fourth-order valence-corrected chi connectivity index (χ4v) is 1.07. The number of rotatable bonds is 4. The first-order chi connectivity index (χ1) is 5.77. The van der Waals surface area contributed by atoms with E-state index in [-0.39, 0.29) is 24.5 Å². The van der Waals surface area contributed by atoms with E-state index >= 15 is 0 Å². The van der Waals surface area contributed by atoms with Gasteiger partial charge in [-0.1, -0.05) is 6.92 Å². The van der Waals surface area contributed by atoms with Gasteiger partial charge in [-0.15, -0.1) is 0 Å². The molecule has 0 unspecified atom stereocenters. The van der Waals surface area contributed by atoms with Gasteiger partial charge in [-0.25, -0.2) is 0 Å². The molecule has 1 amide bonds. The number of amides is 1. The summed E-state index contributed by atoms with van der Waals surface area (Å²) in [5, 5.41) is 14.6. The van der Waals surface area contributed by atoms with Crippen LogP contribution in [0.3, 0.4) is 0 Å². The molecule has 1 atom stereocenters. The van der Waals surface area contributed by atoms with E-state index in [1.54, 1.807) is 0 Å². The molecular formula is C8H16N2O2. The van der Waals surface area contributed by atoms with Crippen LogP contribution >= 0.6 is 0 Å². The first kappa shape index (κ1) is 9.48. The predicted octanol–water partition coefficient (Wildman–Crippen LogP) is -0.907. The molecule has 1 rings (SSSR count). The second-order valence-electron chi connectivity index (χ2n) is 3.15. The van der Waals surface area contributed by atoms with Crippen LogP contribution in [0.4, 0.5) is 0 Å². The van der Waals surface area contributed by atoms with Crippen molar-refractivity contribution in [1.29, 1.82) is 0 Å². The van der Waals surface area contributed by atoms with Gasteiger partial charge < -0.3 is 15.7 Å². The molecule has 4 nitrogen and oxygen atoms in total. The lowest BCUT2D eigenvalue weighted by Crippen LogP contribution is -2.53. The largest absolute Gasteiger partial charge is 0.394 e. The summed E-state index contributed by atoms with van der Waals surface area (Å²) in [7, 11) is 0. The number of aliphatic hydroxyl groups is 1. The summed E-state index contributed by atoms with van der Waals surface area (Å²) >= 11 is 0. The van der Waals surface area contributed by atoms with E-state index in [0.717, 1.165) is 19.5 Å². The van der Waals surface area contributed by atoms with E-state index in [2.05, 4.69) is 10.6 Å². The molecule has 0 aromatic heterocycles. The standard InChI is InChI=1S/C8H16N2O2/c1-2-7(5-11)10-8(12)6-3-9-4-6/h6-7,9,11H,2-5H2,1H3,(H,10,12)/t7-/m0/s1. The zero-order valence-corrected chi connectivity index (χ0v) is 7.34. The molecule has 1 heterocycles. The summed E-state index contributed by atoms with van der Waals surface area (Å²) in [4.78, 5) is 11.3. The molecule has 1 aliphatic rings. The number of carbonyl (C=O) groups is 1. The number of aliphatic hydroxyl groups excluding tert-OH is 1. The molecule has 0 aliphatic carbocycles. The molecule has 1 saturated heterocycles. The summed E-state index contributed by atoms with van der Waals surface area (Å²) in [6, 6.07) is -0.0712. The lowest BCUT2D eigenvalue weighted by molar-refractivity contribution is -0.127. The molecule has 4 heteroatoms. The average Bonchev–Trinajstić information content (AvgIpc) is 1.96. The van der Waals surface area contributed by atoms with Gasteiger partial charge in [0.15, 0.2) is 0 Å². The van der Waals surface area contributed by atoms with Crippen LogP contribution in [-0.4, -0.2) is 36.8 Å². The van der Waals surface area contributed by atoms with Crippen LogP contribution in [-0.2, 0) is 4.79 Å². The number of carbonyl (C=O) groups excluding carboxylic acids is 1. The normalized spacial score (nSPS) is 19.8. The van der Waals surface area contributed by atoms with Crippen LogP contribution in [0.25, 0.3) is 0 Å². The van der Waals surface area contributed by atoms with Gasteiger partial charge in [0.1, 0.15) is 0 Å². The maximum absolute atomic E-state index is 11.3. The second-order valence-corrected chi connectivity index (χ2v) is 3.15. The van der Waals surface area contributed by atoms with E-state index in [1.165, 1.54) is 0 Å². The Labute approximate surface area is 72.3 Å². The highest BCUT2D eigenvalue weighted by Gasteiger charge is 2.25. The lowest BCUT2D eigenvalue weighted by atomic mass is 10.0. The molecule has 0 radical (unpaired) electrons. The summed E-state index contributed by atoms with van der Waals surface area (Å²) < 4.78 is 0. The van der Waals surface area contributed by atoms with E-state index in [0.29, 0.717) is 0 Å². The Balaban J connectivity index is 2.23. The van der Waals surface area contributed by atoms with Crippen LogP contribution < -0.4 is 10.6 Å². The SMILES string of the molecule is CC[C@@H](CO)NC(=O)C1CNC1. The molecule has 3 N–H and O–H groups in total. The third-order valence-corrected chi connectivity index (χ3v) is 2.21. The molecule has 0 saturated carbocycles. The third kappa shape index (κ3) is 2.19. The van der Waals surface area contributed by atoms with Crippen molar-refractivity contribution in [2.24, 2.45) is 5.92 Å². The second kappa shape index (κ2) is 4.42. The van der Waals surface area contributed by atoms with Gasteiger partial charge in [-0.05, 0) is 6.42 Å². The van der Waals surface area contributed by atoms with E-state index in [4.69, 9.17) is 5.11 Å². The average molecular weight is 172 g/mol. The maximum Gasteiger partial charge on any atom is 0.225 e. The zero-order valence-electron chi connectivity index (χ0n) is 7.34. The molecule has 0 aromatic rings. The van der Waals surface area contributed by atoms with Crippen molar-refractivity contribution in [3.05, 3.63) is 0 Å². The Hall–Kier alpha value is -0.610. The Morgan fingerprint density at radius 1 is 1.75 bits per heavy atom. The minimum Gasteiger partial charge on any atom is -0.394 e. The smallest absolute Gasteiger partial charge is 0.225 e. The highest BCUT2D eigenvalue weighted by Crippen LogP contribution is 2.03. The zero-order chi connectivity index (χ0) is 8.97. The monoisotopic (exact) mass is 172 g/mol. The van der Waals surface area contributed by atoms with Gasteiger partial charge in [0, 0.05) is 13.1 Å². The molecule has 12 heavy (non-hydrogen) atoms. The highest BCUT2D eigenvalue weighted by molar-refractivity contribution is 5.80. The van der Waals surface area contributed by atoms with Crippen molar-refractivity contribution in [3.63, 3.8) is 0 Å². The van der Waals surface area contributed by atoms with Gasteiger partial charge in [0.25, 0.3) is 0 Å². The Morgan fingerprint density at radius 2 is 2.42 bits per heavy atom. The van der Waals surface area contributed by atoms with Gasteiger partial charge in [-0.2, -0.15) is 0 Å². The predicted molar refractivity (Wildman–Crippen MR) is 45.7 cm³/mol. The Bertz CT molecular complexity index is 153. The molecule has 1 aliphatic heterocycles. The van der Waals surface area contributed by atoms with Crippen LogP contribution in [0, 0.1) is 5.92 Å². The van der Waals surface area contributed by atoms with Gasteiger partial charge >= 0.3 is 0 Å². The van der Waals surface area contributed by atoms with E-state index < -0.39 is 0 Å². The minimum absolute atomic E-state index is 0.0301. The fraction of sp³-hybridized carbons (Fsp3) is 0.875. The molecule has 0 aromatic carbocycles. The van der Waals surface area contributed by atoms with Crippen LogP contribution in [0.5, 0.6) is 0 Å². The van der Waals surface area contributed by atoms with Crippen LogP contribution in [0.1, 0.15) is 13.3 Å². The number of hydrogen-bond donors (Lipinski definition) is 3. The van der Waals surface area contributed by atoms with Crippen LogP contribution in [0.2, 0.25) is 0 Å². The summed E-state index contributed by atoms with van der Waals surface area (Å²) in [6.07, 6.45) is 0.780. The molecular weight excluding hydrogens is 156 g/mol. The topological polar surface area (TPSA) is 61.4 Å². The van der Waals surface area contributed by atoms with Gasteiger partial charge in [0.2, 0.25) is 5.91 Å². The Morgan fingerprint density at radius 3 is 2.75 bits per heavy atom. The fourth-order valence-electron chi connectivity index (χ4n) is 1.07. The van der Waals surface area contributed by atoms with Crippen molar-refractivity contribution in [2.45, 2.75) is 19.4 Å². The van der Waals surface area contributed by atoms with Crippen molar-refractivity contribution < 1.29 is 9.90 Å². The lowest BCUT2D eigenvalue weighted by Gasteiger charge is -2.27. The van der Waals surface area contributed by atoms with Crippen LogP contribution in [0.15, 0.2) is 0 Å². The maximum atomic E-state index is 11.3. The molecule has 0 spiro atoms. The number of hydrogen-bond acceptors (Lipinski definition) is 3. The van der Waals surface area contributed by atoms with Gasteiger partial charge in [0.05, 0.1) is 18.6 Å². The third-order valence-electron chi connectivity index (χ3n) is 2.21. The number of nitrogens with one attached hydrogen (secondary N) is 2. The molecule has 70 valence electrons. The highest BCUT2D eigenvalue weighted by atomic mass is 16.3. The quantitative estimate of drug-likeness (QED) is 0.514. The summed E-state index contributed by atoms with van der Waals surface area (Å²) in [5.41, 5.74) is 0. The molecule has 0 bridgehead atoms. The first-order valence-electron chi connectivity index (χ1n) is 4.39. The first-order valence-corrected chi connectivity index (χ1v) is 4.39. The van der Waals surface area contributed by atoms with E-state index in [1.807, 2.05) is 6.92 Å². The summed E-state index contributed by atoms with van der Waals surface area (Å²) in [6.45, 7) is 3.52. The van der Waals surface area contributed by atoms with Crippen molar-refractivity contribution >= 4 is 5.91 Å². The molecule has 1 fully saturated rings. The van der Waals surface area contributed by atoms with Crippen molar-refractivity contribution in [2.75, 3.05) is 19.7 Å². The van der Waals surface area contributed by atoms with Gasteiger partial charge in [-0.3, -0.25) is 4.79 Å².